The molecule has 2 aliphatic carbocycles. The number of fused-ring (bicyclic) bond motifs is 8. The van der Waals surface area contributed by atoms with Crippen molar-refractivity contribution in [2.75, 3.05) is 4.90 Å². The topological polar surface area (TPSA) is 3.24 Å². The van der Waals surface area contributed by atoms with Gasteiger partial charge in [0.25, 0.3) is 0 Å². The molecule has 0 N–H and O–H groups in total. The van der Waals surface area contributed by atoms with Crippen molar-refractivity contribution in [1.82, 2.24) is 0 Å². The van der Waals surface area contributed by atoms with Gasteiger partial charge in [-0.15, -0.1) is 0 Å². The first kappa shape index (κ1) is 29.9. The molecule has 1 heteroatoms. The predicted molar refractivity (Wildman–Crippen MR) is 217 cm³/mol. The molecule has 0 unspecified atom stereocenters. The summed E-state index contributed by atoms with van der Waals surface area (Å²) in [5.74, 6) is 0. The molecule has 0 saturated carbocycles. The summed E-state index contributed by atoms with van der Waals surface area (Å²) >= 11 is 0. The van der Waals surface area contributed by atoms with Crippen molar-refractivity contribution in [1.29, 1.82) is 0 Å². The molecule has 8 aromatic carbocycles. The number of anilines is 3. The summed E-state index contributed by atoms with van der Waals surface area (Å²) in [6.45, 7) is 9.46. The van der Waals surface area contributed by atoms with Crippen LogP contribution in [0.4, 0.5) is 17.1 Å². The van der Waals surface area contributed by atoms with Crippen LogP contribution in [-0.2, 0) is 10.8 Å². The van der Waals surface area contributed by atoms with Crippen LogP contribution >= 0.6 is 0 Å². The maximum atomic E-state index is 2.46. The lowest BCUT2D eigenvalue weighted by Crippen LogP contribution is -2.18. The average Bonchev–Trinajstić information content (AvgIpc) is 3.53. The van der Waals surface area contributed by atoms with Gasteiger partial charge in [-0.3, -0.25) is 0 Å². The molecular formula is C50H39N. The Labute approximate surface area is 300 Å². The molecule has 8 aromatic rings. The lowest BCUT2D eigenvalue weighted by atomic mass is 9.82. The molecule has 0 aliphatic heterocycles. The van der Waals surface area contributed by atoms with E-state index in [9.17, 15) is 0 Å². The van der Waals surface area contributed by atoms with Gasteiger partial charge in [0, 0.05) is 27.9 Å². The summed E-state index contributed by atoms with van der Waals surface area (Å²) in [4.78, 5) is 2.46. The third-order valence-corrected chi connectivity index (χ3v) is 11.8. The standard InChI is InChI=1S/C50H39N/c1-49(2)44-19-11-9-17-40(44)42-27-25-36(30-46(42)49)51(37-26-28-43-41-18-10-12-20-45(41)50(3,4)47(43)31-37)35-23-21-32(22-24-35)48-38-15-7-5-13-33(38)29-34-14-6-8-16-39(34)48/h5-31H,1-4H3. The summed E-state index contributed by atoms with van der Waals surface area (Å²) in [5.41, 5.74) is 16.7. The van der Waals surface area contributed by atoms with Crippen molar-refractivity contribution in [3.8, 4) is 33.4 Å². The van der Waals surface area contributed by atoms with Crippen LogP contribution in [0.15, 0.2) is 164 Å². The van der Waals surface area contributed by atoms with E-state index < -0.39 is 0 Å². The van der Waals surface area contributed by atoms with Crippen LogP contribution in [0.5, 0.6) is 0 Å². The van der Waals surface area contributed by atoms with Gasteiger partial charge in [0.2, 0.25) is 0 Å². The Morgan fingerprint density at radius 3 is 1.27 bits per heavy atom. The van der Waals surface area contributed by atoms with Gasteiger partial charge in [0.15, 0.2) is 0 Å². The Morgan fingerprint density at radius 1 is 0.353 bits per heavy atom. The first-order chi connectivity index (χ1) is 24.8. The fourth-order valence-corrected chi connectivity index (χ4v) is 9.21. The molecule has 10 rings (SSSR count). The van der Waals surface area contributed by atoms with E-state index in [4.69, 9.17) is 0 Å². The third kappa shape index (κ3) is 4.34. The van der Waals surface area contributed by atoms with Gasteiger partial charge in [-0.05, 0) is 120 Å². The Bertz CT molecular complexity index is 2530. The van der Waals surface area contributed by atoms with Gasteiger partial charge in [0.05, 0.1) is 0 Å². The van der Waals surface area contributed by atoms with Crippen LogP contribution in [0.3, 0.4) is 0 Å². The highest BCUT2D eigenvalue weighted by Crippen LogP contribution is 2.53. The van der Waals surface area contributed by atoms with Gasteiger partial charge < -0.3 is 4.90 Å². The van der Waals surface area contributed by atoms with Crippen LogP contribution in [0.1, 0.15) is 49.9 Å². The zero-order chi connectivity index (χ0) is 34.5. The maximum Gasteiger partial charge on any atom is 0.0465 e. The van der Waals surface area contributed by atoms with Crippen molar-refractivity contribution >= 4 is 38.6 Å². The van der Waals surface area contributed by atoms with Crippen LogP contribution in [0, 0.1) is 0 Å². The Kier molecular flexibility index (Phi) is 6.34. The average molecular weight is 654 g/mol. The van der Waals surface area contributed by atoms with E-state index in [1.807, 2.05) is 0 Å². The molecule has 0 bridgehead atoms. The second-order valence-electron chi connectivity index (χ2n) is 15.4. The van der Waals surface area contributed by atoms with Gasteiger partial charge in [-0.1, -0.05) is 149 Å². The highest BCUT2D eigenvalue weighted by molar-refractivity contribution is 6.12. The zero-order valence-electron chi connectivity index (χ0n) is 29.5. The quantitative estimate of drug-likeness (QED) is 0.171. The van der Waals surface area contributed by atoms with Crippen molar-refractivity contribution in [3.05, 3.63) is 186 Å². The van der Waals surface area contributed by atoms with Crippen molar-refractivity contribution < 1.29 is 0 Å². The molecule has 0 saturated heterocycles. The minimum atomic E-state index is -0.0888. The molecule has 0 fully saturated rings. The summed E-state index contributed by atoms with van der Waals surface area (Å²) in [6.07, 6.45) is 0. The molecule has 0 heterocycles. The minimum absolute atomic E-state index is 0.0888. The summed E-state index contributed by atoms with van der Waals surface area (Å²) < 4.78 is 0. The van der Waals surface area contributed by atoms with Crippen LogP contribution < -0.4 is 4.90 Å². The van der Waals surface area contributed by atoms with E-state index in [2.05, 4.69) is 196 Å². The van der Waals surface area contributed by atoms with E-state index in [1.165, 1.54) is 88.6 Å². The first-order valence-corrected chi connectivity index (χ1v) is 18.1. The highest BCUT2D eigenvalue weighted by atomic mass is 15.1. The zero-order valence-corrected chi connectivity index (χ0v) is 29.5. The molecule has 0 amide bonds. The van der Waals surface area contributed by atoms with Crippen molar-refractivity contribution in [2.24, 2.45) is 0 Å². The number of hydrogen-bond donors (Lipinski definition) is 0. The number of benzene rings is 8. The minimum Gasteiger partial charge on any atom is -0.310 e. The molecule has 0 radical (unpaired) electrons. The molecule has 0 spiro atoms. The van der Waals surface area contributed by atoms with E-state index in [-0.39, 0.29) is 10.8 Å². The van der Waals surface area contributed by atoms with Gasteiger partial charge in [0.1, 0.15) is 0 Å². The Balaban J connectivity index is 1.16. The largest absolute Gasteiger partial charge is 0.310 e. The molecule has 51 heavy (non-hydrogen) atoms. The molecular weight excluding hydrogens is 615 g/mol. The Morgan fingerprint density at radius 2 is 0.765 bits per heavy atom. The monoisotopic (exact) mass is 653 g/mol. The van der Waals surface area contributed by atoms with Gasteiger partial charge in [-0.25, -0.2) is 0 Å². The van der Waals surface area contributed by atoms with Gasteiger partial charge >= 0.3 is 0 Å². The lowest BCUT2D eigenvalue weighted by molar-refractivity contribution is 0.660. The van der Waals surface area contributed by atoms with Crippen molar-refractivity contribution in [3.63, 3.8) is 0 Å². The molecule has 0 atom stereocenters. The number of rotatable bonds is 4. The highest BCUT2D eigenvalue weighted by Gasteiger charge is 2.37. The van der Waals surface area contributed by atoms with E-state index in [0.29, 0.717) is 0 Å². The normalized spacial score (nSPS) is 14.6. The van der Waals surface area contributed by atoms with Crippen LogP contribution in [0.25, 0.3) is 54.9 Å². The molecule has 0 aromatic heterocycles. The second-order valence-corrected chi connectivity index (χ2v) is 15.4. The van der Waals surface area contributed by atoms with Gasteiger partial charge in [-0.2, -0.15) is 0 Å². The summed E-state index contributed by atoms with van der Waals surface area (Å²) in [7, 11) is 0. The Hall–Kier alpha value is -5.92. The van der Waals surface area contributed by atoms with E-state index in [0.717, 1.165) is 5.69 Å². The first-order valence-electron chi connectivity index (χ1n) is 18.1. The summed E-state index contributed by atoms with van der Waals surface area (Å²) in [5, 5.41) is 5.09. The molecule has 244 valence electrons. The lowest BCUT2D eigenvalue weighted by Gasteiger charge is -2.30. The summed E-state index contributed by atoms with van der Waals surface area (Å²) in [6, 6.07) is 61.1. The third-order valence-electron chi connectivity index (χ3n) is 11.8. The predicted octanol–water partition coefficient (Wildman–Crippen LogP) is 13.7. The second kappa shape index (κ2) is 10.8. The number of hydrogen-bond acceptors (Lipinski definition) is 1. The number of nitrogens with zero attached hydrogens (tertiary/aromatic N) is 1. The van der Waals surface area contributed by atoms with E-state index >= 15 is 0 Å². The fourth-order valence-electron chi connectivity index (χ4n) is 9.21. The van der Waals surface area contributed by atoms with Crippen LogP contribution in [0.2, 0.25) is 0 Å². The molecule has 2 aliphatic rings. The maximum absolute atomic E-state index is 2.46. The molecule has 1 nitrogen and oxygen atoms in total. The smallest absolute Gasteiger partial charge is 0.0465 e. The SMILES string of the molecule is CC1(C)c2ccccc2-c2ccc(N(c3ccc(-c4c5ccccc5cc5ccccc45)cc3)c3ccc4c(c3)C(C)(C)c3ccccc3-4)cc21. The van der Waals surface area contributed by atoms with Crippen molar-refractivity contribution in [2.45, 2.75) is 38.5 Å². The van der Waals surface area contributed by atoms with E-state index in [1.54, 1.807) is 0 Å². The van der Waals surface area contributed by atoms with Crippen LogP contribution in [-0.4, -0.2) is 0 Å². The fraction of sp³-hybridized carbons (Fsp3) is 0.120.